The van der Waals surface area contributed by atoms with Gasteiger partial charge in [0, 0.05) is 13.1 Å². The van der Waals surface area contributed by atoms with Crippen molar-refractivity contribution in [2.45, 2.75) is 58.7 Å². The van der Waals surface area contributed by atoms with Gasteiger partial charge in [-0.1, -0.05) is 13.8 Å². The van der Waals surface area contributed by atoms with Crippen LogP contribution in [-0.4, -0.2) is 49.6 Å². The van der Waals surface area contributed by atoms with Gasteiger partial charge in [-0.15, -0.1) is 11.3 Å². The smallest absolute Gasteiger partial charge is 0.399 e. The highest BCUT2D eigenvalue weighted by molar-refractivity contribution is 7.25. The molecule has 2 saturated heterocycles. The summed E-state index contributed by atoms with van der Waals surface area (Å²) >= 11 is 1.70. The van der Waals surface area contributed by atoms with Crippen molar-refractivity contribution >= 4 is 28.4 Å². The average molecular weight is 338 g/mol. The maximum absolute atomic E-state index is 6.25. The number of hydrogen-bond acceptors (Lipinski definition) is 6. The van der Waals surface area contributed by atoms with Crippen LogP contribution in [0.25, 0.3) is 0 Å². The van der Waals surface area contributed by atoms with E-state index in [1.807, 2.05) is 0 Å². The van der Waals surface area contributed by atoms with Crippen molar-refractivity contribution < 1.29 is 14.0 Å². The summed E-state index contributed by atoms with van der Waals surface area (Å²) in [7, 11) is -0.329. The molecule has 2 aliphatic heterocycles. The Morgan fingerprint density at radius 3 is 2.17 bits per heavy atom. The Morgan fingerprint density at radius 2 is 1.65 bits per heavy atom. The second-order valence-electron chi connectivity index (χ2n) is 7.59. The Morgan fingerprint density at radius 1 is 1.09 bits per heavy atom. The first-order chi connectivity index (χ1) is 10.7. The van der Waals surface area contributed by atoms with Gasteiger partial charge in [-0.05, 0) is 33.6 Å². The van der Waals surface area contributed by atoms with Crippen molar-refractivity contribution in [1.82, 2.24) is 4.98 Å². The first kappa shape index (κ1) is 17.2. The third kappa shape index (κ3) is 3.16. The standard InChI is InChI=1S/C16H27BN2O3S/c1-11(2)12-13(17-21-15(3,4)16(5,6)22-17)23-14(18-12)19-7-9-20-10-8-19/h11H,7-10H2,1-6H3. The van der Waals surface area contributed by atoms with Crippen LogP contribution in [0.2, 0.25) is 0 Å². The molecule has 0 aromatic carbocycles. The van der Waals surface area contributed by atoms with E-state index in [0.717, 1.165) is 41.9 Å². The van der Waals surface area contributed by atoms with Crippen LogP contribution in [-0.2, 0) is 14.0 Å². The number of aromatic nitrogens is 1. The Bertz CT molecular complexity index is 552. The molecule has 23 heavy (non-hydrogen) atoms. The maximum Gasteiger partial charge on any atom is 0.507 e. The lowest BCUT2D eigenvalue weighted by atomic mass is 9.84. The molecule has 0 N–H and O–H groups in total. The van der Waals surface area contributed by atoms with E-state index in [-0.39, 0.29) is 18.3 Å². The van der Waals surface area contributed by atoms with Crippen LogP contribution in [0.3, 0.4) is 0 Å². The molecule has 0 unspecified atom stereocenters. The lowest BCUT2D eigenvalue weighted by Gasteiger charge is -2.32. The minimum Gasteiger partial charge on any atom is -0.399 e. The van der Waals surface area contributed by atoms with Gasteiger partial charge in [-0.25, -0.2) is 4.98 Å². The first-order valence-electron chi connectivity index (χ1n) is 8.40. The quantitative estimate of drug-likeness (QED) is 0.792. The summed E-state index contributed by atoms with van der Waals surface area (Å²) < 4.78 is 19.1. The number of morpholine rings is 1. The first-order valence-corrected chi connectivity index (χ1v) is 9.22. The third-order valence-electron chi connectivity index (χ3n) is 4.97. The van der Waals surface area contributed by atoms with Gasteiger partial charge in [0.25, 0.3) is 0 Å². The predicted molar refractivity (Wildman–Crippen MR) is 95.0 cm³/mol. The number of ether oxygens (including phenoxy) is 1. The molecule has 0 atom stereocenters. The molecule has 0 bridgehead atoms. The molecule has 0 radical (unpaired) electrons. The molecule has 128 valence electrons. The van der Waals surface area contributed by atoms with Crippen molar-refractivity contribution in [3.05, 3.63) is 5.69 Å². The van der Waals surface area contributed by atoms with E-state index < -0.39 is 0 Å². The van der Waals surface area contributed by atoms with Gasteiger partial charge < -0.3 is 18.9 Å². The average Bonchev–Trinajstić information content (AvgIpc) is 3.00. The molecule has 7 heteroatoms. The van der Waals surface area contributed by atoms with Crippen LogP contribution in [0.4, 0.5) is 5.13 Å². The summed E-state index contributed by atoms with van der Waals surface area (Å²) in [6.45, 7) is 16.0. The number of nitrogens with zero attached hydrogens (tertiary/aromatic N) is 2. The lowest BCUT2D eigenvalue weighted by Crippen LogP contribution is -2.41. The molecule has 3 rings (SSSR count). The van der Waals surface area contributed by atoms with Crippen LogP contribution in [0.15, 0.2) is 0 Å². The SMILES string of the molecule is CC(C)c1nc(N2CCOCC2)sc1B1OC(C)(C)C(C)(C)O1. The lowest BCUT2D eigenvalue weighted by molar-refractivity contribution is 0.00578. The minimum atomic E-state index is -0.329. The monoisotopic (exact) mass is 338 g/mol. The zero-order chi connectivity index (χ0) is 16.8. The van der Waals surface area contributed by atoms with Gasteiger partial charge in [0.05, 0.1) is 34.9 Å². The van der Waals surface area contributed by atoms with Crippen molar-refractivity contribution in [3.63, 3.8) is 0 Å². The Hall–Kier alpha value is -0.625. The summed E-state index contributed by atoms with van der Waals surface area (Å²) in [5, 5.41) is 1.06. The van der Waals surface area contributed by atoms with Crippen LogP contribution in [0, 0.1) is 0 Å². The molecule has 5 nitrogen and oxygen atoms in total. The van der Waals surface area contributed by atoms with Crippen molar-refractivity contribution in [1.29, 1.82) is 0 Å². The van der Waals surface area contributed by atoms with E-state index in [1.54, 1.807) is 11.3 Å². The summed E-state index contributed by atoms with van der Waals surface area (Å²) in [6.07, 6.45) is 0. The van der Waals surface area contributed by atoms with Gasteiger partial charge >= 0.3 is 7.12 Å². The van der Waals surface area contributed by atoms with Gasteiger partial charge in [-0.3, -0.25) is 0 Å². The Labute approximate surface area is 143 Å². The number of rotatable bonds is 3. The second kappa shape index (κ2) is 6.03. The van der Waals surface area contributed by atoms with E-state index in [9.17, 15) is 0 Å². The van der Waals surface area contributed by atoms with E-state index in [1.165, 1.54) is 0 Å². The molecule has 2 fully saturated rings. The molecule has 0 saturated carbocycles. The summed E-state index contributed by atoms with van der Waals surface area (Å²) in [5.74, 6) is 0.343. The van der Waals surface area contributed by atoms with Crippen molar-refractivity contribution in [3.8, 4) is 0 Å². The topological polar surface area (TPSA) is 43.8 Å². The number of thiazole rings is 1. The second-order valence-corrected chi connectivity index (χ2v) is 8.60. The van der Waals surface area contributed by atoms with Crippen molar-refractivity contribution in [2.75, 3.05) is 31.2 Å². The predicted octanol–water partition coefficient (Wildman–Crippen LogP) is 2.40. The molecular weight excluding hydrogens is 311 g/mol. The highest BCUT2D eigenvalue weighted by Crippen LogP contribution is 2.38. The molecular formula is C16H27BN2O3S. The highest BCUT2D eigenvalue weighted by atomic mass is 32.1. The highest BCUT2D eigenvalue weighted by Gasteiger charge is 2.53. The van der Waals surface area contributed by atoms with Gasteiger partial charge in [-0.2, -0.15) is 0 Å². The van der Waals surface area contributed by atoms with E-state index >= 15 is 0 Å². The molecule has 3 heterocycles. The van der Waals surface area contributed by atoms with E-state index in [2.05, 4.69) is 46.4 Å². The molecule has 1 aromatic heterocycles. The normalized spacial score (nSPS) is 23.8. The van der Waals surface area contributed by atoms with Crippen LogP contribution >= 0.6 is 11.3 Å². The fourth-order valence-electron chi connectivity index (χ4n) is 2.75. The Kier molecular flexibility index (Phi) is 4.51. The molecule has 0 amide bonds. The van der Waals surface area contributed by atoms with Crippen LogP contribution < -0.4 is 9.68 Å². The van der Waals surface area contributed by atoms with Crippen LogP contribution in [0.5, 0.6) is 0 Å². The molecule has 0 aliphatic carbocycles. The van der Waals surface area contributed by atoms with Gasteiger partial charge in [0.1, 0.15) is 0 Å². The Balaban J connectivity index is 1.91. The fraction of sp³-hybridized carbons (Fsp3) is 0.812. The van der Waals surface area contributed by atoms with Gasteiger partial charge in [0.15, 0.2) is 5.13 Å². The molecule has 0 spiro atoms. The van der Waals surface area contributed by atoms with E-state index in [0.29, 0.717) is 5.92 Å². The zero-order valence-corrected chi connectivity index (χ0v) is 15.8. The largest absolute Gasteiger partial charge is 0.507 e. The fourth-order valence-corrected chi connectivity index (χ4v) is 3.98. The number of hydrogen-bond donors (Lipinski definition) is 0. The summed E-state index contributed by atoms with van der Waals surface area (Å²) in [6, 6.07) is 0. The van der Waals surface area contributed by atoms with Crippen molar-refractivity contribution in [2.24, 2.45) is 0 Å². The zero-order valence-electron chi connectivity index (χ0n) is 15.0. The van der Waals surface area contributed by atoms with Crippen LogP contribution in [0.1, 0.15) is 53.2 Å². The molecule has 2 aliphatic rings. The summed E-state index contributed by atoms with van der Waals surface area (Å²) in [4.78, 5) is 7.20. The van der Waals surface area contributed by atoms with Gasteiger partial charge in [0.2, 0.25) is 0 Å². The minimum absolute atomic E-state index is 0.324. The molecule has 1 aromatic rings. The summed E-state index contributed by atoms with van der Waals surface area (Å²) in [5.41, 5.74) is 0.444. The maximum atomic E-state index is 6.25. The van der Waals surface area contributed by atoms with E-state index in [4.69, 9.17) is 19.0 Å². The third-order valence-corrected chi connectivity index (χ3v) is 6.12. The number of anilines is 1.